The van der Waals surface area contributed by atoms with Crippen molar-refractivity contribution in [3.63, 3.8) is 0 Å². The van der Waals surface area contributed by atoms with Gasteiger partial charge in [-0.3, -0.25) is 4.79 Å². The Morgan fingerprint density at radius 1 is 0.935 bits per heavy atom. The largest absolute Gasteiger partial charge is 0.456 e. The van der Waals surface area contributed by atoms with Crippen molar-refractivity contribution < 1.29 is 53.8 Å². The van der Waals surface area contributed by atoms with E-state index < -0.39 is 94.0 Å². The summed E-state index contributed by atoms with van der Waals surface area (Å²) in [5, 5.41) is 46.1. The van der Waals surface area contributed by atoms with E-state index in [2.05, 4.69) is 0 Å². The van der Waals surface area contributed by atoms with Crippen molar-refractivity contribution in [1.29, 1.82) is 0 Å². The first-order chi connectivity index (χ1) is 14.3. The Labute approximate surface area is 176 Å². The van der Waals surface area contributed by atoms with E-state index in [0.717, 1.165) is 0 Å². The van der Waals surface area contributed by atoms with Gasteiger partial charge in [0.05, 0.1) is 22.9 Å². The van der Waals surface area contributed by atoms with E-state index in [0.29, 0.717) is 0 Å². The van der Waals surface area contributed by atoms with Gasteiger partial charge in [0.1, 0.15) is 12.2 Å². The smallest absolute Gasteiger partial charge is 0.343 e. The van der Waals surface area contributed by atoms with Crippen molar-refractivity contribution in [3.8, 4) is 0 Å². The summed E-state index contributed by atoms with van der Waals surface area (Å²) in [6.07, 6.45) is -9.69. The standard InChI is InChI=1S/C20H24O11/c1-5-12(24)28-11-8(22)18-10-6(21)7(16(2,3)4)17(18)9(23)13(25)30-15(17)31-20(18,14(26)29-10)19(5,11)27/h5-11,15,21-23,27H,1-4H3/t5-,6-,7?,8-,9+,10?,11+,15+,17?,18?,19-,20?/m1/s1. The molecule has 5 unspecified atom stereocenters. The Morgan fingerprint density at radius 3 is 2.19 bits per heavy atom. The molecule has 0 bridgehead atoms. The fourth-order valence-electron chi connectivity index (χ4n) is 8.27. The topological polar surface area (TPSA) is 169 Å². The number of aliphatic hydroxyl groups is 4. The molecule has 2 spiro atoms. The molecule has 31 heavy (non-hydrogen) atoms. The zero-order valence-corrected chi connectivity index (χ0v) is 17.3. The van der Waals surface area contributed by atoms with Crippen molar-refractivity contribution in [2.24, 2.45) is 28.1 Å². The lowest BCUT2D eigenvalue weighted by Crippen LogP contribution is -2.67. The molecule has 6 fully saturated rings. The molecule has 0 amide bonds. The second kappa shape index (κ2) is 4.91. The first kappa shape index (κ1) is 19.9. The number of hydrogen-bond donors (Lipinski definition) is 4. The molecule has 6 aliphatic rings. The Balaban J connectivity index is 1.75. The number of esters is 3. The average Bonchev–Trinajstić information content (AvgIpc) is 3.35. The van der Waals surface area contributed by atoms with Gasteiger partial charge in [-0.15, -0.1) is 0 Å². The minimum atomic E-state index is -2.40. The van der Waals surface area contributed by atoms with Gasteiger partial charge in [0.25, 0.3) is 0 Å². The van der Waals surface area contributed by atoms with Gasteiger partial charge in [-0.1, -0.05) is 20.8 Å². The van der Waals surface area contributed by atoms with Gasteiger partial charge in [-0.2, -0.15) is 0 Å². The zero-order valence-electron chi connectivity index (χ0n) is 17.3. The van der Waals surface area contributed by atoms with E-state index in [4.69, 9.17) is 18.9 Å². The third-order valence-electron chi connectivity index (χ3n) is 8.95. The highest BCUT2D eigenvalue weighted by atomic mass is 16.8. The van der Waals surface area contributed by atoms with Crippen molar-refractivity contribution in [2.45, 2.75) is 75.7 Å². The lowest BCUT2D eigenvalue weighted by molar-refractivity contribution is -0.240. The van der Waals surface area contributed by atoms with Crippen LogP contribution in [0.15, 0.2) is 0 Å². The van der Waals surface area contributed by atoms with Crippen LogP contribution in [0.2, 0.25) is 0 Å². The number of hydrogen-bond acceptors (Lipinski definition) is 11. The molecule has 6 rings (SSSR count). The molecule has 2 aliphatic carbocycles. The number of ether oxygens (including phenoxy) is 4. The van der Waals surface area contributed by atoms with Crippen LogP contribution in [0, 0.1) is 28.1 Å². The predicted molar refractivity (Wildman–Crippen MR) is 93.4 cm³/mol. The molecule has 4 aliphatic heterocycles. The molecule has 4 heterocycles. The van der Waals surface area contributed by atoms with Gasteiger partial charge in [0.15, 0.2) is 17.8 Å². The fraction of sp³-hybridized carbons (Fsp3) is 0.850. The van der Waals surface area contributed by atoms with Gasteiger partial charge >= 0.3 is 17.9 Å². The van der Waals surface area contributed by atoms with Crippen LogP contribution in [-0.2, 0) is 33.3 Å². The van der Waals surface area contributed by atoms with E-state index in [9.17, 15) is 34.8 Å². The molecule has 12 atom stereocenters. The summed E-state index contributed by atoms with van der Waals surface area (Å²) in [6, 6.07) is 0. The van der Waals surface area contributed by atoms with Gasteiger partial charge in [0.2, 0.25) is 11.9 Å². The summed E-state index contributed by atoms with van der Waals surface area (Å²) in [4.78, 5) is 38.3. The van der Waals surface area contributed by atoms with Crippen molar-refractivity contribution >= 4 is 17.9 Å². The molecule has 0 aromatic rings. The normalized spacial score (nSPS) is 61.0. The number of fused-ring (bicyclic) bond motifs is 1. The predicted octanol–water partition coefficient (Wildman–Crippen LogP) is -2.40. The highest BCUT2D eigenvalue weighted by Gasteiger charge is 3.05. The van der Waals surface area contributed by atoms with E-state index in [1.165, 1.54) is 6.92 Å². The monoisotopic (exact) mass is 440 g/mol. The molecule has 4 saturated heterocycles. The van der Waals surface area contributed by atoms with Crippen LogP contribution in [0.4, 0.5) is 0 Å². The summed E-state index contributed by atoms with van der Waals surface area (Å²) in [6.45, 7) is 6.63. The van der Waals surface area contributed by atoms with E-state index in [1.54, 1.807) is 20.8 Å². The van der Waals surface area contributed by atoms with Gasteiger partial charge in [-0.25, -0.2) is 9.59 Å². The summed E-state index contributed by atoms with van der Waals surface area (Å²) in [5.74, 6) is -5.22. The van der Waals surface area contributed by atoms with Gasteiger partial charge in [0, 0.05) is 5.92 Å². The summed E-state index contributed by atoms with van der Waals surface area (Å²) < 4.78 is 22.2. The molecule has 11 heteroatoms. The SMILES string of the molecule is C[C@@H]1C(=O)O[C@H]2[C@@H](O)C34C5OC(=O)C3(O[C@@H]3OC(=O)[C@H](O)C34C(C(C)(C)C)[C@H]5O)[C@@]12O. The maximum Gasteiger partial charge on any atom is 0.343 e. The van der Waals surface area contributed by atoms with Crippen LogP contribution in [0.3, 0.4) is 0 Å². The lowest BCUT2D eigenvalue weighted by Gasteiger charge is -2.47. The third kappa shape index (κ3) is 1.43. The number of rotatable bonds is 0. The van der Waals surface area contributed by atoms with Crippen LogP contribution in [0.1, 0.15) is 27.7 Å². The molecule has 0 aromatic carbocycles. The fourth-order valence-corrected chi connectivity index (χ4v) is 8.27. The van der Waals surface area contributed by atoms with Crippen molar-refractivity contribution in [3.05, 3.63) is 0 Å². The Bertz CT molecular complexity index is 957. The molecule has 11 nitrogen and oxygen atoms in total. The molecule has 4 N–H and O–H groups in total. The minimum absolute atomic E-state index is 0.792. The summed E-state index contributed by atoms with van der Waals surface area (Å²) >= 11 is 0. The number of aliphatic hydroxyl groups excluding tert-OH is 3. The van der Waals surface area contributed by atoms with E-state index in [1.807, 2.05) is 0 Å². The van der Waals surface area contributed by atoms with Crippen LogP contribution < -0.4 is 0 Å². The average molecular weight is 440 g/mol. The summed E-state index contributed by atoms with van der Waals surface area (Å²) in [5.41, 5.74) is -9.40. The third-order valence-corrected chi connectivity index (χ3v) is 8.95. The molecule has 2 saturated carbocycles. The van der Waals surface area contributed by atoms with Crippen LogP contribution in [-0.4, -0.2) is 86.3 Å². The molecule has 0 aromatic heterocycles. The van der Waals surface area contributed by atoms with Crippen LogP contribution in [0.25, 0.3) is 0 Å². The first-order valence-electron chi connectivity index (χ1n) is 10.3. The minimum Gasteiger partial charge on any atom is -0.456 e. The first-order valence-corrected chi connectivity index (χ1v) is 10.3. The highest BCUT2D eigenvalue weighted by molar-refractivity contribution is 5.94. The zero-order chi connectivity index (χ0) is 22.7. The van der Waals surface area contributed by atoms with Crippen molar-refractivity contribution in [1.82, 2.24) is 0 Å². The maximum absolute atomic E-state index is 13.4. The van der Waals surface area contributed by atoms with Crippen molar-refractivity contribution in [2.75, 3.05) is 0 Å². The maximum atomic E-state index is 13.4. The van der Waals surface area contributed by atoms with E-state index in [-0.39, 0.29) is 0 Å². The molecular formula is C20H24O11. The molecule has 170 valence electrons. The number of carbonyl (C=O) groups excluding carboxylic acids is 3. The van der Waals surface area contributed by atoms with Crippen LogP contribution >= 0.6 is 0 Å². The second-order valence-corrected chi connectivity index (χ2v) is 10.8. The lowest BCUT2D eigenvalue weighted by atomic mass is 9.51. The molecule has 0 radical (unpaired) electrons. The van der Waals surface area contributed by atoms with Gasteiger partial charge in [-0.05, 0) is 12.3 Å². The molecular weight excluding hydrogens is 416 g/mol. The van der Waals surface area contributed by atoms with E-state index >= 15 is 0 Å². The Morgan fingerprint density at radius 2 is 1.58 bits per heavy atom. The van der Waals surface area contributed by atoms with Gasteiger partial charge < -0.3 is 39.4 Å². The Kier molecular flexibility index (Phi) is 3.15. The Hall–Kier alpha value is -1.79. The second-order valence-electron chi connectivity index (χ2n) is 10.8. The number of carbonyl (C=O) groups is 3. The summed E-state index contributed by atoms with van der Waals surface area (Å²) in [7, 11) is 0. The quantitative estimate of drug-likeness (QED) is 0.234. The highest BCUT2D eigenvalue weighted by Crippen LogP contribution is 2.84. The van der Waals surface area contributed by atoms with Crippen LogP contribution in [0.5, 0.6) is 0 Å².